The predicted octanol–water partition coefficient (Wildman–Crippen LogP) is 4.12. The van der Waals surface area contributed by atoms with Gasteiger partial charge in [-0.3, -0.25) is 4.79 Å². The van der Waals surface area contributed by atoms with E-state index < -0.39 is 0 Å². The largest absolute Gasteiger partial charge is 0.493 e. The van der Waals surface area contributed by atoms with E-state index >= 15 is 0 Å². The van der Waals surface area contributed by atoms with Gasteiger partial charge in [0.15, 0.2) is 11.5 Å². The molecule has 0 aliphatic carbocycles. The maximum absolute atomic E-state index is 13.0. The van der Waals surface area contributed by atoms with Crippen LogP contribution in [0.1, 0.15) is 51.0 Å². The molecule has 1 aromatic heterocycles. The first-order chi connectivity index (χ1) is 13.8. The molecule has 0 radical (unpaired) electrons. The standard InChI is InChI=1S/C23H32N2O3S/c1-15-14-17(16(2)29-15)8-10-23(3,24)11-13-25-12-9-18-19(22(25)26)6-7-20(27-4)21(18)28-5/h6-7,14H,8-13,24H2,1-5H3. The van der Waals surface area contributed by atoms with Crippen molar-refractivity contribution >= 4 is 17.2 Å². The average molecular weight is 417 g/mol. The molecule has 29 heavy (non-hydrogen) atoms. The maximum atomic E-state index is 13.0. The highest BCUT2D eigenvalue weighted by Crippen LogP contribution is 2.36. The lowest BCUT2D eigenvalue weighted by Gasteiger charge is -2.33. The first-order valence-corrected chi connectivity index (χ1v) is 11.0. The molecule has 2 N–H and O–H groups in total. The third-order valence-corrected chi connectivity index (χ3v) is 6.87. The lowest BCUT2D eigenvalue weighted by atomic mass is 9.90. The van der Waals surface area contributed by atoms with E-state index in [-0.39, 0.29) is 11.4 Å². The number of aryl methyl sites for hydroxylation is 3. The van der Waals surface area contributed by atoms with Crippen LogP contribution in [0.3, 0.4) is 0 Å². The van der Waals surface area contributed by atoms with Crippen molar-refractivity contribution in [2.24, 2.45) is 5.73 Å². The number of benzene rings is 1. The van der Waals surface area contributed by atoms with Gasteiger partial charge in [0.05, 0.1) is 14.2 Å². The van der Waals surface area contributed by atoms with Crippen LogP contribution in [0, 0.1) is 13.8 Å². The summed E-state index contributed by atoms with van der Waals surface area (Å²) in [7, 11) is 3.23. The Morgan fingerprint density at radius 2 is 1.97 bits per heavy atom. The van der Waals surface area contributed by atoms with Gasteiger partial charge < -0.3 is 20.1 Å². The van der Waals surface area contributed by atoms with Crippen LogP contribution >= 0.6 is 11.3 Å². The van der Waals surface area contributed by atoms with E-state index in [1.54, 1.807) is 20.3 Å². The molecule has 1 amide bonds. The molecule has 2 heterocycles. The molecule has 1 aliphatic heterocycles. The molecule has 6 heteroatoms. The van der Waals surface area contributed by atoms with E-state index in [0.29, 0.717) is 30.2 Å². The molecule has 0 fully saturated rings. The van der Waals surface area contributed by atoms with Crippen molar-refractivity contribution in [2.75, 3.05) is 27.3 Å². The molecule has 0 saturated heterocycles. The van der Waals surface area contributed by atoms with Crippen molar-refractivity contribution in [3.05, 3.63) is 44.6 Å². The van der Waals surface area contributed by atoms with Gasteiger partial charge in [-0.2, -0.15) is 0 Å². The summed E-state index contributed by atoms with van der Waals surface area (Å²) in [6, 6.07) is 5.91. The van der Waals surface area contributed by atoms with Crippen LogP contribution in [0.2, 0.25) is 0 Å². The number of fused-ring (bicyclic) bond motifs is 1. The summed E-state index contributed by atoms with van der Waals surface area (Å²) in [5.74, 6) is 1.39. The molecular formula is C23H32N2O3S. The van der Waals surface area contributed by atoms with Gasteiger partial charge in [0, 0.05) is 39.5 Å². The zero-order valence-electron chi connectivity index (χ0n) is 18.1. The first-order valence-electron chi connectivity index (χ1n) is 10.1. The Labute approximate surface area is 177 Å². The lowest BCUT2D eigenvalue weighted by molar-refractivity contribution is 0.0725. The lowest BCUT2D eigenvalue weighted by Crippen LogP contribution is -2.44. The van der Waals surface area contributed by atoms with Gasteiger partial charge >= 0.3 is 0 Å². The fourth-order valence-corrected chi connectivity index (χ4v) is 5.01. The number of hydrogen-bond donors (Lipinski definition) is 1. The van der Waals surface area contributed by atoms with Gasteiger partial charge in [0.2, 0.25) is 0 Å². The van der Waals surface area contributed by atoms with Gasteiger partial charge in [-0.15, -0.1) is 11.3 Å². The minimum Gasteiger partial charge on any atom is -0.493 e. The number of amides is 1. The number of nitrogens with two attached hydrogens (primary N) is 1. The van der Waals surface area contributed by atoms with Crippen LogP contribution < -0.4 is 15.2 Å². The molecule has 0 bridgehead atoms. The van der Waals surface area contributed by atoms with E-state index in [1.165, 1.54) is 15.3 Å². The number of methoxy groups -OCH3 is 2. The predicted molar refractivity (Wildman–Crippen MR) is 118 cm³/mol. The summed E-state index contributed by atoms with van der Waals surface area (Å²) >= 11 is 1.84. The Kier molecular flexibility index (Phi) is 6.54. The summed E-state index contributed by atoms with van der Waals surface area (Å²) < 4.78 is 10.9. The summed E-state index contributed by atoms with van der Waals surface area (Å²) in [5, 5.41) is 0. The number of ether oxygens (including phenoxy) is 2. The second-order valence-electron chi connectivity index (χ2n) is 8.21. The monoisotopic (exact) mass is 416 g/mol. The van der Waals surface area contributed by atoms with Gasteiger partial charge in [-0.05, 0) is 70.2 Å². The van der Waals surface area contributed by atoms with Gasteiger partial charge in [0.1, 0.15) is 0 Å². The van der Waals surface area contributed by atoms with Crippen molar-refractivity contribution < 1.29 is 14.3 Å². The number of nitrogens with zero attached hydrogens (tertiary/aromatic N) is 1. The quantitative estimate of drug-likeness (QED) is 0.703. The second-order valence-corrected chi connectivity index (χ2v) is 9.67. The summed E-state index contributed by atoms with van der Waals surface area (Å²) in [6.45, 7) is 7.76. The van der Waals surface area contributed by atoms with Crippen molar-refractivity contribution in [2.45, 2.75) is 52.0 Å². The third-order valence-electron chi connectivity index (χ3n) is 5.86. The minimum atomic E-state index is -0.305. The van der Waals surface area contributed by atoms with E-state index in [0.717, 1.165) is 31.2 Å². The Morgan fingerprint density at radius 1 is 1.21 bits per heavy atom. The third kappa shape index (κ3) is 4.75. The van der Waals surface area contributed by atoms with Crippen molar-refractivity contribution in [3.63, 3.8) is 0 Å². The molecule has 1 unspecified atom stereocenters. The van der Waals surface area contributed by atoms with Crippen LogP contribution in [0.5, 0.6) is 11.5 Å². The maximum Gasteiger partial charge on any atom is 0.254 e. The van der Waals surface area contributed by atoms with E-state index in [9.17, 15) is 4.79 Å². The highest BCUT2D eigenvalue weighted by molar-refractivity contribution is 7.12. The SMILES string of the molecule is COc1ccc2c(c1OC)CCN(CCC(C)(N)CCc1cc(C)sc1C)C2=O. The zero-order valence-corrected chi connectivity index (χ0v) is 18.9. The Bertz CT molecular complexity index is 888. The van der Waals surface area contributed by atoms with Crippen LogP contribution in [-0.2, 0) is 12.8 Å². The van der Waals surface area contributed by atoms with Crippen LogP contribution in [0.15, 0.2) is 18.2 Å². The van der Waals surface area contributed by atoms with Gasteiger partial charge in [0.25, 0.3) is 5.91 Å². The first kappa shape index (κ1) is 21.7. The second kappa shape index (κ2) is 8.76. The van der Waals surface area contributed by atoms with Crippen molar-refractivity contribution in [1.82, 2.24) is 4.90 Å². The topological polar surface area (TPSA) is 64.8 Å². The summed E-state index contributed by atoms with van der Waals surface area (Å²) in [4.78, 5) is 17.7. The molecule has 0 spiro atoms. The molecule has 1 aromatic carbocycles. The molecule has 5 nitrogen and oxygen atoms in total. The number of hydrogen-bond acceptors (Lipinski definition) is 5. The molecule has 158 valence electrons. The van der Waals surface area contributed by atoms with E-state index in [2.05, 4.69) is 26.8 Å². The molecule has 3 rings (SSSR count). The highest BCUT2D eigenvalue weighted by atomic mass is 32.1. The van der Waals surface area contributed by atoms with Crippen molar-refractivity contribution in [1.29, 1.82) is 0 Å². The minimum absolute atomic E-state index is 0.0484. The molecule has 1 aliphatic rings. The molecule has 2 aromatic rings. The van der Waals surface area contributed by atoms with Gasteiger partial charge in [-0.1, -0.05) is 0 Å². The molecule has 0 saturated carbocycles. The average Bonchev–Trinajstić information content (AvgIpc) is 3.02. The number of carbonyl (C=O) groups is 1. The van der Waals surface area contributed by atoms with Gasteiger partial charge in [-0.25, -0.2) is 0 Å². The fourth-order valence-electron chi connectivity index (χ4n) is 4.04. The summed E-state index contributed by atoms with van der Waals surface area (Å²) in [6.07, 6.45) is 3.43. The molecular weight excluding hydrogens is 384 g/mol. The summed E-state index contributed by atoms with van der Waals surface area (Å²) in [5.41, 5.74) is 9.33. The highest BCUT2D eigenvalue weighted by Gasteiger charge is 2.30. The fraction of sp³-hybridized carbons (Fsp3) is 0.522. The number of carbonyl (C=O) groups excluding carboxylic acids is 1. The van der Waals surface area contributed by atoms with Crippen molar-refractivity contribution in [3.8, 4) is 11.5 Å². The Hall–Kier alpha value is -2.05. The molecule has 1 atom stereocenters. The smallest absolute Gasteiger partial charge is 0.254 e. The Balaban J connectivity index is 1.62. The van der Waals surface area contributed by atoms with Crippen LogP contribution in [0.25, 0.3) is 0 Å². The van der Waals surface area contributed by atoms with Crippen LogP contribution in [0.4, 0.5) is 0 Å². The van der Waals surface area contributed by atoms with E-state index in [1.807, 2.05) is 22.3 Å². The normalized spacial score (nSPS) is 15.8. The number of rotatable bonds is 8. The number of thiophene rings is 1. The Morgan fingerprint density at radius 3 is 2.59 bits per heavy atom. The zero-order chi connectivity index (χ0) is 21.2. The van der Waals surface area contributed by atoms with E-state index in [4.69, 9.17) is 15.2 Å². The van der Waals surface area contributed by atoms with Crippen LogP contribution in [-0.4, -0.2) is 43.7 Å².